The lowest BCUT2D eigenvalue weighted by atomic mass is 10.1. The van der Waals surface area contributed by atoms with Gasteiger partial charge in [-0.05, 0) is 97.2 Å². The van der Waals surface area contributed by atoms with Crippen molar-refractivity contribution in [3.63, 3.8) is 0 Å². The summed E-state index contributed by atoms with van der Waals surface area (Å²) in [5.41, 5.74) is 10.1. The lowest BCUT2D eigenvalue weighted by molar-refractivity contribution is 0.0969. The molecule has 0 aliphatic carbocycles. The van der Waals surface area contributed by atoms with E-state index in [1.54, 1.807) is 48.5 Å². The number of amides is 2. The number of benzene rings is 4. The molecule has 1 heterocycles. The van der Waals surface area contributed by atoms with Crippen molar-refractivity contribution in [3.05, 3.63) is 131 Å². The van der Waals surface area contributed by atoms with Gasteiger partial charge in [-0.3, -0.25) is 31.1 Å². The third-order valence-corrected chi connectivity index (χ3v) is 6.32. The van der Waals surface area contributed by atoms with Gasteiger partial charge in [-0.25, -0.2) is 0 Å². The summed E-state index contributed by atoms with van der Waals surface area (Å²) in [6.45, 7) is 0. The van der Waals surface area contributed by atoms with Crippen LogP contribution < -0.4 is 32.1 Å². The van der Waals surface area contributed by atoms with Crippen molar-refractivity contribution >= 4 is 69.5 Å². The standard InChI is InChI=1S/C30H24N8O2S2/c39-27(21-7-3-1-4-8-21)33-29(41)31-23-15-11-19(12-16-23)25-35-37-26(38-36-25)20-13-17-24(18-14-20)32-30(42)34-28(40)22-9-5-2-6-10-22/h1-18H,(H,35,36)(H,37,38)(H2,31,33,39,41)(H2,32,34,40,42). The van der Waals surface area contributed by atoms with Crippen molar-refractivity contribution in [2.75, 3.05) is 10.6 Å². The molecule has 1 aliphatic heterocycles. The van der Waals surface area contributed by atoms with Gasteiger partial charge in [-0.1, -0.05) is 36.4 Å². The average Bonchev–Trinajstić information content (AvgIpc) is 3.02. The SMILES string of the molecule is O=C(NC(=S)Nc1ccc(C2=NN=C(c3ccc(NC(=S)NC(=O)c4ccccc4)cc3)NN2)cc1)c1ccccc1. The van der Waals surface area contributed by atoms with Crippen molar-refractivity contribution in [1.82, 2.24) is 21.5 Å². The number of amidine groups is 2. The van der Waals surface area contributed by atoms with Crippen LogP contribution in [0.15, 0.2) is 119 Å². The predicted octanol–water partition coefficient (Wildman–Crippen LogP) is 4.16. The number of hydrazine groups is 1. The molecular weight excluding hydrogens is 569 g/mol. The monoisotopic (exact) mass is 592 g/mol. The van der Waals surface area contributed by atoms with E-state index < -0.39 is 0 Å². The molecule has 0 bridgehead atoms. The fourth-order valence-electron chi connectivity index (χ4n) is 3.81. The zero-order valence-electron chi connectivity index (χ0n) is 21.9. The minimum absolute atomic E-state index is 0.195. The Labute approximate surface area is 252 Å². The number of rotatable bonds is 6. The first-order valence-corrected chi connectivity index (χ1v) is 13.5. The van der Waals surface area contributed by atoms with Crippen LogP contribution in [0.2, 0.25) is 0 Å². The second-order valence-corrected chi connectivity index (χ2v) is 9.67. The number of hydrogen-bond donors (Lipinski definition) is 6. The largest absolute Gasteiger partial charge is 0.332 e. The minimum atomic E-state index is -0.285. The normalized spacial score (nSPS) is 11.9. The first kappa shape index (κ1) is 28.1. The van der Waals surface area contributed by atoms with E-state index in [1.165, 1.54) is 0 Å². The van der Waals surface area contributed by atoms with E-state index >= 15 is 0 Å². The average molecular weight is 593 g/mol. The Morgan fingerprint density at radius 1 is 0.524 bits per heavy atom. The van der Waals surface area contributed by atoms with Crippen molar-refractivity contribution in [3.8, 4) is 0 Å². The van der Waals surface area contributed by atoms with Crippen LogP contribution >= 0.6 is 24.4 Å². The van der Waals surface area contributed by atoms with Gasteiger partial charge >= 0.3 is 0 Å². The van der Waals surface area contributed by atoms with E-state index in [-0.39, 0.29) is 22.0 Å². The van der Waals surface area contributed by atoms with Crippen LogP contribution in [-0.2, 0) is 0 Å². The molecule has 42 heavy (non-hydrogen) atoms. The summed E-state index contributed by atoms with van der Waals surface area (Å²) < 4.78 is 0. The zero-order valence-corrected chi connectivity index (χ0v) is 23.6. The highest BCUT2D eigenvalue weighted by atomic mass is 32.1. The second kappa shape index (κ2) is 13.3. The second-order valence-electron chi connectivity index (χ2n) is 8.85. The van der Waals surface area contributed by atoms with Gasteiger partial charge in [0.1, 0.15) is 0 Å². The Balaban J connectivity index is 1.14. The Bertz CT molecular complexity index is 1550. The zero-order chi connectivity index (χ0) is 29.3. The number of carbonyl (C=O) groups is 2. The quantitative estimate of drug-likeness (QED) is 0.184. The molecule has 0 saturated carbocycles. The first-order chi connectivity index (χ1) is 20.4. The summed E-state index contributed by atoms with van der Waals surface area (Å²) in [5, 5.41) is 20.3. The lowest BCUT2D eigenvalue weighted by Crippen LogP contribution is -2.44. The van der Waals surface area contributed by atoms with E-state index in [0.717, 1.165) is 11.1 Å². The van der Waals surface area contributed by atoms with Crippen LogP contribution in [0.25, 0.3) is 0 Å². The maximum absolute atomic E-state index is 12.3. The van der Waals surface area contributed by atoms with E-state index in [1.807, 2.05) is 60.7 Å². The fraction of sp³-hybridized carbons (Fsp3) is 0. The van der Waals surface area contributed by atoms with Crippen LogP contribution in [0.3, 0.4) is 0 Å². The maximum Gasteiger partial charge on any atom is 0.257 e. The summed E-state index contributed by atoms with van der Waals surface area (Å²) in [6.07, 6.45) is 0. The van der Waals surface area contributed by atoms with Gasteiger partial charge in [-0.15, -0.1) is 10.2 Å². The van der Waals surface area contributed by atoms with Crippen molar-refractivity contribution in [2.24, 2.45) is 10.2 Å². The van der Waals surface area contributed by atoms with Gasteiger partial charge in [0.05, 0.1) is 0 Å². The summed E-state index contributed by atoms with van der Waals surface area (Å²) in [6, 6.07) is 32.3. The van der Waals surface area contributed by atoms with E-state index in [2.05, 4.69) is 42.3 Å². The molecule has 5 rings (SSSR count). The number of carbonyl (C=O) groups excluding carboxylic acids is 2. The van der Waals surface area contributed by atoms with Gasteiger partial charge in [0.2, 0.25) is 0 Å². The summed E-state index contributed by atoms with van der Waals surface area (Å²) in [4.78, 5) is 24.5. The summed E-state index contributed by atoms with van der Waals surface area (Å²) in [5.74, 6) is 0.491. The molecule has 0 aromatic heterocycles. The lowest BCUT2D eigenvalue weighted by Gasteiger charge is -2.18. The molecule has 2 amide bonds. The van der Waals surface area contributed by atoms with E-state index in [9.17, 15) is 9.59 Å². The number of nitrogens with one attached hydrogen (secondary N) is 6. The van der Waals surface area contributed by atoms with Gasteiger partial charge in [-0.2, -0.15) is 0 Å². The third kappa shape index (κ3) is 7.38. The van der Waals surface area contributed by atoms with Gasteiger partial charge in [0, 0.05) is 33.6 Å². The summed E-state index contributed by atoms with van der Waals surface area (Å²) >= 11 is 10.5. The van der Waals surface area contributed by atoms with Crippen LogP contribution in [0.1, 0.15) is 31.8 Å². The number of nitrogens with zero attached hydrogens (tertiary/aromatic N) is 2. The smallest absolute Gasteiger partial charge is 0.257 e. The Hall–Kier alpha value is -5.46. The van der Waals surface area contributed by atoms with E-state index in [0.29, 0.717) is 34.2 Å². The molecule has 4 aromatic rings. The molecule has 6 N–H and O–H groups in total. The molecular formula is C30H24N8O2S2. The molecule has 10 nitrogen and oxygen atoms in total. The molecule has 0 atom stereocenters. The molecule has 4 aromatic carbocycles. The van der Waals surface area contributed by atoms with Crippen LogP contribution in [0.5, 0.6) is 0 Å². The van der Waals surface area contributed by atoms with Crippen LogP contribution in [0, 0.1) is 0 Å². The Kier molecular flexibility index (Phi) is 8.87. The molecule has 0 fully saturated rings. The topological polar surface area (TPSA) is 131 Å². The number of hydrogen-bond acceptors (Lipinski definition) is 8. The van der Waals surface area contributed by atoms with Crippen LogP contribution in [-0.4, -0.2) is 33.7 Å². The maximum atomic E-state index is 12.3. The minimum Gasteiger partial charge on any atom is -0.332 e. The molecule has 0 spiro atoms. The van der Waals surface area contributed by atoms with Crippen LogP contribution in [0.4, 0.5) is 11.4 Å². The molecule has 1 aliphatic rings. The van der Waals surface area contributed by atoms with Crippen molar-refractivity contribution < 1.29 is 9.59 Å². The van der Waals surface area contributed by atoms with Gasteiger partial charge in [0.15, 0.2) is 21.9 Å². The van der Waals surface area contributed by atoms with Gasteiger partial charge in [0.25, 0.3) is 11.8 Å². The predicted molar refractivity (Wildman–Crippen MR) is 172 cm³/mol. The van der Waals surface area contributed by atoms with Crippen molar-refractivity contribution in [1.29, 1.82) is 0 Å². The van der Waals surface area contributed by atoms with Gasteiger partial charge < -0.3 is 10.6 Å². The molecule has 12 heteroatoms. The summed E-state index contributed by atoms with van der Waals surface area (Å²) in [7, 11) is 0. The fourth-order valence-corrected chi connectivity index (χ4v) is 4.23. The van der Waals surface area contributed by atoms with E-state index in [4.69, 9.17) is 24.4 Å². The molecule has 0 unspecified atom stereocenters. The number of anilines is 2. The Morgan fingerprint density at radius 2 is 0.881 bits per heavy atom. The highest BCUT2D eigenvalue weighted by Crippen LogP contribution is 2.13. The highest BCUT2D eigenvalue weighted by Gasteiger charge is 2.13. The molecule has 0 saturated heterocycles. The molecule has 208 valence electrons. The third-order valence-electron chi connectivity index (χ3n) is 5.91. The molecule has 0 radical (unpaired) electrons. The highest BCUT2D eigenvalue weighted by molar-refractivity contribution is 7.80. The number of thiocarbonyl (C=S) groups is 2. The first-order valence-electron chi connectivity index (χ1n) is 12.7. The van der Waals surface area contributed by atoms with Crippen molar-refractivity contribution in [2.45, 2.75) is 0 Å². The Morgan fingerprint density at radius 3 is 1.21 bits per heavy atom.